The summed E-state index contributed by atoms with van der Waals surface area (Å²) in [6.45, 7) is 9.36. The maximum atomic E-state index is 11.7. The van der Waals surface area contributed by atoms with E-state index < -0.39 is 0 Å². The molecule has 1 fully saturated rings. The second-order valence-electron chi connectivity index (χ2n) is 5.69. The van der Waals surface area contributed by atoms with Gasteiger partial charge in [-0.2, -0.15) is 0 Å². The zero-order valence-electron chi connectivity index (χ0n) is 10.3. The van der Waals surface area contributed by atoms with Crippen molar-refractivity contribution in [3.63, 3.8) is 0 Å². The fourth-order valence-electron chi connectivity index (χ4n) is 1.77. The molecule has 0 bridgehead atoms. The molecule has 0 N–H and O–H groups in total. The van der Waals surface area contributed by atoms with Gasteiger partial charge in [-0.1, -0.05) is 6.92 Å². The van der Waals surface area contributed by atoms with Gasteiger partial charge >= 0.3 is 5.97 Å². The zero-order chi connectivity index (χ0) is 11.5. The summed E-state index contributed by atoms with van der Waals surface area (Å²) < 4.78 is 10.6. The molecule has 1 rings (SSSR count). The molecule has 3 heteroatoms. The van der Waals surface area contributed by atoms with Crippen LogP contribution in [0.15, 0.2) is 0 Å². The normalized spacial score (nSPS) is 21.1. The standard InChI is InChI=1S/C12H22O3/c1-11(2,3)15-10(13)9-12(4)5-7-14-8-6-12/h5-9H2,1-4H3. The summed E-state index contributed by atoms with van der Waals surface area (Å²) in [5, 5.41) is 0. The first kappa shape index (κ1) is 12.5. The highest BCUT2D eigenvalue weighted by Crippen LogP contribution is 2.34. The molecular formula is C12H22O3. The van der Waals surface area contributed by atoms with Crippen molar-refractivity contribution < 1.29 is 14.3 Å². The number of carbonyl (C=O) groups excluding carboxylic acids is 1. The molecule has 0 radical (unpaired) electrons. The Kier molecular flexibility index (Phi) is 3.77. The predicted molar refractivity (Wildman–Crippen MR) is 58.6 cm³/mol. The van der Waals surface area contributed by atoms with E-state index in [9.17, 15) is 4.79 Å². The van der Waals surface area contributed by atoms with Crippen LogP contribution in [0.2, 0.25) is 0 Å². The smallest absolute Gasteiger partial charge is 0.306 e. The molecule has 88 valence electrons. The van der Waals surface area contributed by atoms with Gasteiger partial charge in [-0.25, -0.2) is 0 Å². The van der Waals surface area contributed by atoms with Gasteiger partial charge in [0, 0.05) is 13.2 Å². The Morgan fingerprint density at radius 2 is 1.87 bits per heavy atom. The van der Waals surface area contributed by atoms with Crippen molar-refractivity contribution in [2.75, 3.05) is 13.2 Å². The summed E-state index contributed by atoms with van der Waals surface area (Å²) in [5.74, 6) is -0.0908. The van der Waals surface area contributed by atoms with Crippen LogP contribution in [0.4, 0.5) is 0 Å². The monoisotopic (exact) mass is 214 g/mol. The Hall–Kier alpha value is -0.570. The molecular weight excluding hydrogens is 192 g/mol. The third kappa shape index (κ3) is 4.65. The number of hydrogen-bond donors (Lipinski definition) is 0. The number of carbonyl (C=O) groups is 1. The molecule has 1 heterocycles. The molecule has 0 amide bonds. The summed E-state index contributed by atoms with van der Waals surface area (Å²) >= 11 is 0. The summed E-state index contributed by atoms with van der Waals surface area (Å²) in [6.07, 6.45) is 2.41. The minimum Gasteiger partial charge on any atom is -0.460 e. The molecule has 1 saturated heterocycles. The van der Waals surface area contributed by atoms with Crippen molar-refractivity contribution in [2.24, 2.45) is 5.41 Å². The van der Waals surface area contributed by atoms with Crippen molar-refractivity contribution in [3.05, 3.63) is 0 Å². The van der Waals surface area contributed by atoms with E-state index in [1.165, 1.54) is 0 Å². The molecule has 1 aliphatic rings. The van der Waals surface area contributed by atoms with E-state index in [0.29, 0.717) is 6.42 Å². The van der Waals surface area contributed by atoms with Gasteiger partial charge in [0.15, 0.2) is 0 Å². The van der Waals surface area contributed by atoms with Gasteiger partial charge in [0.2, 0.25) is 0 Å². The van der Waals surface area contributed by atoms with Gasteiger partial charge in [0.05, 0.1) is 6.42 Å². The van der Waals surface area contributed by atoms with Crippen LogP contribution >= 0.6 is 0 Å². The first-order valence-electron chi connectivity index (χ1n) is 5.60. The van der Waals surface area contributed by atoms with E-state index in [1.807, 2.05) is 20.8 Å². The summed E-state index contributed by atoms with van der Waals surface area (Å²) in [6, 6.07) is 0. The summed E-state index contributed by atoms with van der Waals surface area (Å²) in [5.41, 5.74) is -0.306. The minimum atomic E-state index is -0.376. The van der Waals surface area contributed by atoms with E-state index in [-0.39, 0.29) is 17.0 Å². The van der Waals surface area contributed by atoms with Crippen molar-refractivity contribution in [1.82, 2.24) is 0 Å². The van der Waals surface area contributed by atoms with Gasteiger partial charge < -0.3 is 9.47 Å². The van der Waals surface area contributed by atoms with Gasteiger partial charge in [-0.3, -0.25) is 4.79 Å². The van der Waals surface area contributed by atoms with Crippen LogP contribution in [0, 0.1) is 5.41 Å². The summed E-state index contributed by atoms with van der Waals surface area (Å²) in [4.78, 5) is 11.7. The molecule has 0 aliphatic carbocycles. The molecule has 0 aromatic carbocycles. The molecule has 15 heavy (non-hydrogen) atoms. The molecule has 0 aromatic rings. The lowest BCUT2D eigenvalue weighted by Gasteiger charge is -2.33. The quantitative estimate of drug-likeness (QED) is 0.663. The lowest BCUT2D eigenvalue weighted by Crippen LogP contribution is -2.32. The van der Waals surface area contributed by atoms with Crippen LogP contribution in [0.1, 0.15) is 47.0 Å². The highest BCUT2D eigenvalue weighted by Gasteiger charge is 2.31. The molecule has 0 spiro atoms. The Bertz CT molecular complexity index is 222. The van der Waals surface area contributed by atoms with Gasteiger partial charge in [0.25, 0.3) is 0 Å². The highest BCUT2D eigenvalue weighted by atomic mass is 16.6. The van der Waals surface area contributed by atoms with E-state index in [1.54, 1.807) is 0 Å². The molecule has 0 aromatic heterocycles. The van der Waals surface area contributed by atoms with Crippen molar-refractivity contribution in [3.8, 4) is 0 Å². The Morgan fingerprint density at radius 3 is 2.33 bits per heavy atom. The first-order chi connectivity index (χ1) is 6.81. The third-order valence-electron chi connectivity index (χ3n) is 2.69. The molecule has 0 atom stereocenters. The lowest BCUT2D eigenvalue weighted by atomic mass is 9.79. The predicted octanol–water partition coefficient (Wildman–Crippen LogP) is 2.53. The number of ether oxygens (including phenoxy) is 2. The van der Waals surface area contributed by atoms with Gasteiger partial charge in [-0.15, -0.1) is 0 Å². The van der Waals surface area contributed by atoms with Crippen LogP contribution in [-0.2, 0) is 14.3 Å². The van der Waals surface area contributed by atoms with Crippen LogP contribution in [0.3, 0.4) is 0 Å². The number of hydrogen-bond acceptors (Lipinski definition) is 3. The first-order valence-corrected chi connectivity index (χ1v) is 5.60. The van der Waals surface area contributed by atoms with Crippen LogP contribution in [-0.4, -0.2) is 24.8 Å². The average Bonchev–Trinajstić information content (AvgIpc) is 1.99. The van der Waals surface area contributed by atoms with Crippen molar-refractivity contribution in [1.29, 1.82) is 0 Å². The zero-order valence-corrected chi connectivity index (χ0v) is 10.3. The van der Waals surface area contributed by atoms with Crippen molar-refractivity contribution >= 4 is 5.97 Å². The Labute approximate surface area is 92.1 Å². The summed E-state index contributed by atoms with van der Waals surface area (Å²) in [7, 11) is 0. The second kappa shape index (κ2) is 4.52. The fraction of sp³-hybridized carbons (Fsp3) is 0.917. The second-order valence-corrected chi connectivity index (χ2v) is 5.69. The van der Waals surface area contributed by atoms with E-state index in [0.717, 1.165) is 26.1 Å². The maximum absolute atomic E-state index is 11.7. The fourth-order valence-corrected chi connectivity index (χ4v) is 1.77. The lowest BCUT2D eigenvalue weighted by molar-refractivity contribution is -0.158. The Balaban J connectivity index is 2.42. The average molecular weight is 214 g/mol. The topological polar surface area (TPSA) is 35.5 Å². The van der Waals surface area contributed by atoms with Gasteiger partial charge in [0.1, 0.15) is 5.60 Å². The Morgan fingerprint density at radius 1 is 1.33 bits per heavy atom. The van der Waals surface area contributed by atoms with Crippen molar-refractivity contribution in [2.45, 2.75) is 52.6 Å². The van der Waals surface area contributed by atoms with Crippen LogP contribution in [0.5, 0.6) is 0 Å². The molecule has 3 nitrogen and oxygen atoms in total. The van der Waals surface area contributed by atoms with Gasteiger partial charge in [-0.05, 0) is 39.0 Å². The van der Waals surface area contributed by atoms with E-state index in [2.05, 4.69) is 6.92 Å². The molecule has 0 unspecified atom stereocenters. The SMILES string of the molecule is CC1(CC(=O)OC(C)(C)C)CCOCC1. The molecule has 1 aliphatic heterocycles. The van der Waals surface area contributed by atoms with Crippen LogP contribution < -0.4 is 0 Å². The minimum absolute atomic E-state index is 0.0700. The number of esters is 1. The largest absolute Gasteiger partial charge is 0.460 e. The highest BCUT2D eigenvalue weighted by molar-refractivity contribution is 5.70. The third-order valence-corrected chi connectivity index (χ3v) is 2.69. The number of rotatable bonds is 2. The van der Waals surface area contributed by atoms with Crippen LogP contribution in [0.25, 0.3) is 0 Å². The van der Waals surface area contributed by atoms with E-state index in [4.69, 9.17) is 9.47 Å². The maximum Gasteiger partial charge on any atom is 0.306 e. The van der Waals surface area contributed by atoms with E-state index >= 15 is 0 Å². The molecule has 0 saturated carbocycles.